The van der Waals surface area contributed by atoms with Crippen molar-refractivity contribution in [2.24, 2.45) is 0 Å². The molecule has 202 valence electrons. The fraction of sp³-hybridized carbons (Fsp3) is 0.303. The zero-order chi connectivity index (χ0) is 27.4. The lowest BCUT2D eigenvalue weighted by Gasteiger charge is -2.32. The minimum atomic E-state index is 0.375. The van der Waals surface area contributed by atoms with Crippen molar-refractivity contribution < 1.29 is 0 Å². The molecule has 0 spiro atoms. The van der Waals surface area contributed by atoms with Crippen LogP contribution < -0.4 is 0 Å². The maximum atomic E-state index is 6.64. The average molecular weight is 549 g/mol. The van der Waals surface area contributed by atoms with Crippen LogP contribution >= 0.6 is 11.6 Å². The van der Waals surface area contributed by atoms with Crippen LogP contribution in [-0.2, 0) is 6.54 Å². The second-order valence-electron chi connectivity index (χ2n) is 11.5. The number of benzene rings is 2. The van der Waals surface area contributed by atoms with Crippen LogP contribution in [0.5, 0.6) is 0 Å². The molecule has 0 bridgehead atoms. The van der Waals surface area contributed by atoms with Gasteiger partial charge in [0.05, 0.1) is 17.4 Å². The fourth-order valence-corrected chi connectivity index (χ4v) is 6.71. The number of piperidine rings is 1. The summed E-state index contributed by atoms with van der Waals surface area (Å²) in [4.78, 5) is 15.4. The first-order valence-corrected chi connectivity index (χ1v) is 14.5. The molecule has 0 saturated carbocycles. The SMILES string of the molecule is Cc1cccc2cc(CN3CCC(c4ccc5[nH]c(-c6ccnc7[nH]ncc67)c(C(C)C)c5c4)CC3)c(Cl)nc12. The third-order valence-electron chi connectivity index (χ3n) is 8.59. The first-order chi connectivity index (χ1) is 19.5. The number of nitrogens with zero attached hydrogens (tertiary/aromatic N) is 4. The van der Waals surface area contributed by atoms with E-state index in [-0.39, 0.29) is 0 Å². The average Bonchev–Trinajstić information content (AvgIpc) is 3.59. The number of rotatable bonds is 5. The molecule has 1 aliphatic heterocycles. The predicted molar refractivity (Wildman–Crippen MR) is 164 cm³/mol. The number of pyridine rings is 2. The molecule has 4 aromatic heterocycles. The molecule has 0 atom stereocenters. The summed E-state index contributed by atoms with van der Waals surface area (Å²) in [5.74, 6) is 0.924. The van der Waals surface area contributed by atoms with Crippen LogP contribution in [0.4, 0.5) is 0 Å². The van der Waals surface area contributed by atoms with Gasteiger partial charge >= 0.3 is 0 Å². The first-order valence-electron chi connectivity index (χ1n) is 14.2. The van der Waals surface area contributed by atoms with E-state index in [2.05, 4.69) is 94.4 Å². The van der Waals surface area contributed by atoms with Gasteiger partial charge in [0.2, 0.25) is 0 Å². The van der Waals surface area contributed by atoms with E-state index in [1.165, 1.54) is 27.7 Å². The van der Waals surface area contributed by atoms with E-state index in [1.807, 2.05) is 12.4 Å². The molecular formula is C33H33ClN6. The first kappa shape index (κ1) is 25.2. The number of hydrogen-bond donors (Lipinski definition) is 2. The van der Waals surface area contributed by atoms with Gasteiger partial charge in [-0.1, -0.05) is 49.7 Å². The van der Waals surface area contributed by atoms with E-state index >= 15 is 0 Å². The van der Waals surface area contributed by atoms with Crippen LogP contribution in [0, 0.1) is 6.92 Å². The van der Waals surface area contributed by atoms with E-state index in [1.54, 1.807) is 0 Å². The summed E-state index contributed by atoms with van der Waals surface area (Å²) in [7, 11) is 0. The predicted octanol–water partition coefficient (Wildman–Crippen LogP) is 8.12. The standard InChI is InChI=1S/C33H33ClN6/c1-19(2)29-26-16-22(7-8-28(26)37-31(29)25-9-12-35-33-27(25)17-36-39-33)21-10-13-40(14-11-21)18-24-15-23-6-4-5-20(3)30(23)38-32(24)34/h4-9,12,15-17,19,21,37H,10-11,13-14,18H2,1-3H3,(H,35,36,39). The summed E-state index contributed by atoms with van der Waals surface area (Å²) in [5.41, 5.74) is 10.4. The van der Waals surface area contributed by atoms with Gasteiger partial charge in [-0.25, -0.2) is 9.97 Å². The van der Waals surface area contributed by atoms with Crippen LogP contribution in [-0.4, -0.2) is 43.1 Å². The lowest BCUT2D eigenvalue weighted by molar-refractivity contribution is 0.204. The zero-order valence-corrected chi connectivity index (χ0v) is 23.9. The van der Waals surface area contributed by atoms with Crippen LogP contribution in [0.1, 0.15) is 60.8 Å². The summed E-state index contributed by atoms with van der Waals surface area (Å²) < 4.78 is 0. The lowest BCUT2D eigenvalue weighted by Crippen LogP contribution is -2.32. The Kier molecular flexibility index (Phi) is 6.32. The second kappa shape index (κ2) is 10.0. The molecule has 2 N–H and O–H groups in total. The molecule has 7 rings (SSSR count). The molecule has 6 aromatic rings. The summed E-state index contributed by atoms with van der Waals surface area (Å²) >= 11 is 6.64. The number of nitrogens with one attached hydrogen (secondary N) is 2. The van der Waals surface area contributed by atoms with E-state index in [9.17, 15) is 0 Å². The number of fused-ring (bicyclic) bond motifs is 3. The molecule has 40 heavy (non-hydrogen) atoms. The van der Waals surface area contributed by atoms with E-state index in [4.69, 9.17) is 16.6 Å². The highest BCUT2D eigenvalue weighted by atomic mass is 35.5. The van der Waals surface area contributed by atoms with Crippen molar-refractivity contribution in [1.29, 1.82) is 0 Å². The molecular weight excluding hydrogens is 516 g/mol. The molecule has 1 saturated heterocycles. The number of aryl methyl sites for hydroxylation is 1. The Labute approximate surface area is 238 Å². The van der Waals surface area contributed by atoms with Crippen LogP contribution in [0.3, 0.4) is 0 Å². The Morgan fingerprint density at radius 3 is 2.73 bits per heavy atom. The van der Waals surface area contributed by atoms with Crippen molar-refractivity contribution in [3.8, 4) is 11.3 Å². The highest BCUT2D eigenvalue weighted by Crippen LogP contribution is 2.40. The Balaban J connectivity index is 1.13. The summed E-state index contributed by atoms with van der Waals surface area (Å²) in [5, 5.41) is 11.4. The number of halogens is 1. The summed E-state index contributed by atoms with van der Waals surface area (Å²) in [6, 6.07) is 17.6. The maximum Gasteiger partial charge on any atom is 0.155 e. The van der Waals surface area contributed by atoms with Crippen LogP contribution in [0.15, 0.2) is 60.9 Å². The van der Waals surface area contributed by atoms with Gasteiger partial charge in [0, 0.05) is 45.5 Å². The van der Waals surface area contributed by atoms with Crippen LogP contribution in [0.2, 0.25) is 5.15 Å². The van der Waals surface area contributed by atoms with Gasteiger partial charge in [-0.2, -0.15) is 5.10 Å². The molecule has 2 aromatic carbocycles. The highest BCUT2D eigenvalue weighted by molar-refractivity contribution is 6.30. The minimum Gasteiger partial charge on any atom is -0.354 e. The Morgan fingerprint density at radius 1 is 1.05 bits per heavy atom. The smallest absolute Gasteiger partial charge is 0.155 e. The molecule has 0 radical (unpaired) electrons. The lowest BCUT2D eigenvalue weighted by atomic mass is 9.87. The number of likely N-dealkylation sites (tertiary alicyclic amines) is 1. The van der Waals surface area contributed by atoms with Crippen molar-refractivity contribution in [1.82, 2.24) is 30.0 Å². The fourth-order valence-electron chi connectivity index (χ4n) is 6.51. The van der Waals surface area contributed by atoms with Gasteiger partial charge in [0.15, 0.2) is 5.65 Å². The van der Waals surface area contributed by atoms with E-state index in [0.717, 1.165) is 71.1 Å². The number of H-pyrrole nitrogens is 2. The number of para-hydroxylation sites is 1. The van der Waals surface area contributed by atoms with Gasteiger partial charge < -0.3 is 4.98 Å². The van der Waals surface area contributed by atoms with Crippen molar-refractivity contribution in [3.63, 3.8) is 0 Å². The highest BCUT2D eigenvalue weighted by Gasteiger charge is 2.24. The molecule has 0 unspecified atom stereocenters. The summed E-state index contributed by atoms with van der Waals surface area (Å²) in [6.45, 7) is 9.58. The number of hydrogen-bond acceptors (Lipinski definition) is 4. The molecule has 1 aliphatic rings. The Hall–Kier alpha value is -3.74. The number of aromatic nitrogens is 5. The second-order valence-corrected chi connectivity index (χ2v) is 11.9. The van der Waals surface area contributed by atoms with E-state index < -0.39 is 0 Å². The van der Waals surface area contributed by atoms with Gasteiger partial charge in [-0.3, -0.25) is 10.00 Å². The quantitative estimate of drug-likeness (QED) is 0.213. The largest absolute Gasteiger partial charge is 0.354 e. The van der Waals surface area contributed by atoms with Gasteiger partial charge in [-0.15, -0.1) is 0 Å². The van der Waals surface area contributed by atoms with Crippen LogP contribution in [0.25, 0.3) is 44.1 Å². The number of aromatic amines is 2. The normalized spacial score (nSPS) is 15.2. The maximum absolute atomic E-state index is 6.64. The van der Waals surface area contributed by atoms with Gasteiger partial charge in [-0.05, 0) is 85.6 Å². The Bertz CT molecular complexity index is 1860. The molecule has 0 aliphatic carbocycles. The monoisotopic (exact) mass is 548 g/mol. The van der Waals surface area contributed by atoms with Gasteiger partial charge in [0.25, 0.3) is 0 Å². The molecule has 0 amide bonds. The van der Waals surface area contributed by atoms with Crippen molar-refractivity contribution in [3.05, 3.63) is 88.3 Å². The molecule has 7 heteroatoms. The molecule has 6 nitrogen and oxygen atoms in total. The van der Waals surface area contributed by atoms with Crippen molar-refractivity contribution in [2.75, 3.05) is 13.1 Å². The third-order valence-corrected chi connectivity index (χ3v) is 8.92. The van der Waals surface area contributed by atoms with E-state index in [0.29, 0.717) is 17.0 Å². The molecule has 1 fully saturated rings. The molecule has 5 heterocycles. The van der Waals surface area contributed by atoms with Crippen molar-refractivity contribution in [2.45, 2.75) is 52.0 Å². The Morgan fingerprint density at radius 2 is 1.90 bits per heavy atom. The van der Waals surface area contributed by atoms with Crippen molar-refractivity contribution >= 4 is 44.4 Å². The van der Waals surface area contributed by atoms with Gasteiger partial charge in [0.1, 0.15) is 5.15 Å². The summed E-state index contributed by atoms with van der Waals surface area (Å²) in [6.07, 6.45) is 6.00. The topological polar surface area (TPSA) is 73.5 Å². The zero-order valence-electron chi connectivity index (χ0n) is 23.1. The minimum absolute atomic E-state index is 0.375. The third kappa shape index (κ3) is 4.36.